The minimum Gasteiger partial charge on any atom is -0.497 e. The van der Waals surface area contributed by atoms with E-state index in [9.17, 15) is 4.79 Å². The predicted molar refractivity (Wildman–Crippen MR) is 71.6 cm³/mol. The van der Waals surface area contributed by atoms with Crippen LogP contribution in [0.1, 0.15) is 42.5 Å². The molecule has 2 rings (SSSR count). The SMILES string of the molecule is COc1ccc(Br)c(C(=O)C2CCCCC2)c1. The summed E-state index contributed by atoms with van der Waals surface area (Å²) in [4.78, 5) is 12.4. The van der Waals surface area contributed by atoms with Gasteiger partial charge in [0, 0.05) is 16.0 Å². The summed E-state index contributed by atoms with van der Waals surface area (Å²) in [5.74, 6) is 1.20. The molecule has 1 aliphatic rings. The summed E-state index contributed by atoms with van der Waals surface area (Å²) >= 11 is 3.45. The Morgan fingerprint density at radius 3 is 2.65 bits per heavy atom. The number of benzene rings is 1. The molecule has 0 aliphatic heterocycles. The maximum Gasteiger partial charge on any atom is 0.167 e. The van der Waals surface area contributed by atoms with Crippen molar-refractivity contribution >= 4 is 21.7 Å². The van der Waals surface area contributed by atoms with Crippen LogP contribution in [0.15, 0.2) is 22.7 Å². The number of ketones is 1. The molecule has 0 radical (unpaired) electrons. The molecule has 0 bridgehead atoms. The van der Waals surface area contributed by atoms with Gasteiger partial charge in [0.25, 0.3) is 0 Å². The summed E-state index contributed by atoms with van der Waals surface area (Å²) in [6.07, 6.45) is 5.68. The van der Waals surface area contributed by atoms with Crippen molar-refractivity contribution in [1.82, 2.24) is 0 Å². The number of hydrogen-bond acceptors (Lipinski definition) is 2. The zero-order valence-electron chi connectivity index (χ0n) is 10.0. The summed E-state index contributed by atoms with van der Waals surface area (Å²) in [6.45, 7) is 0. The molecule has 92 valence electrons. The normalized spacial score (nSPS) is 16.8. The number of rotatable bonds is 3. The number of carbonyl (C=O) groups excluding carboxylic acids is 1. The van der Waals surface area contributed by atoms with Gasteiger partial charge in [-0.2, -0.15) is 0 Å². The van der Waals surface area contributed by atoms with Gasteiger partial charge in [-0.15, -0.1) is 0 Å². The third kappa shape index (κ3) is 2.89. The minimum atomic E-state index is 0.201. The van der Waals surface area contributed by atoms with E-state index in [0.29, 0.717) is 0 Å². The van der Waals surface area contributed by atoms with Gasteiger partial charge < -0.3 is 4.74 Å². The molecular weight excluding hydrogens is 280 g/mol. The largest absolute Gasteiger partial charge is 0.497 e. The Hall–Kier alpha value is -0.830. The van der Waals surface area contributed by atoms with Gasteiger partial charge in [0.05, 0.1) is 7.11 Å². The average Bonchev–Trinajstić information content (AvgIpc) is 2.39. The molecular formula is C14H17BrO2. The molecule has 1 saturated carbocycles. The van der Waals surface area contributed by atoms with Gasteiger partial charge in [-0.1, -0.05) is 35.2 Å². The fraction of sp³-hybridized carbons (Fsp3) is 0.500. The highest BCUT2D eigenvalue weighted by atomic mass is 79.9. The van der Waals surface area contributed by atoms with Gasteiger partial charge in [0.2, 0.25) is 0 Å². The van der Waals surface area contributed by atoms with E-state index in [4.69, 9.17) is 4.74 Å². The van der Waals surface area contributed by atoms with E-state index in [2.05, 4.69) is 15.9 Å². The number of methoxy groups -OCH3 is 1. The fourth-order valence-corrected chi connectivity index (χ4v) is 2.85. The summed E-state index contributed by atoms with van der Waals surface area (Å²) in [7, 11) is 1.62. The molecule has 2 nitrogen and oxygen atoms in total. The monoisotopic (exact) mass is 296 g/mol. The molecule has 1 aliphatic carbocycles. The zero-order valence-corrected chi connectivity index (χ0v) is 11.6. The van der Waals surface area contributed by atoms with Crippen LogP contribution in [0.4, 0.5) is 0 Å². The lowest BCUT2D eigenvalue weighted by molar-refractivity contribution is 0.0888. The van der Waals surface area contributed by atoms with Crippen LogP contribution in [0.2, 0.25) is 0 Å². The molecule has 0 amide bonds. The highest BCUT2D eigenvalue weighted by Gasteiger charge is 2.24. The van der Waals surface area contributed by atoms with Crippen LogP contribution < -0.4 is 4.74 Å². The van der Waals surface area contributed by atoms with Gasteiger partial charge >= 0.3 is 0 Å². The number of halogens is 1. The van der Waals surface area contributed by atoms with Crippen molar-refractivity contribution < 1.29 is 9.53 Å². The van der Waals surface area contributed by atoms with Crippen LogP contribution in [0.25, 0.3) is 0 Å². The number of ether oxygens (including phenoxy) is 1. The molecule has 1 fully saturated rings. The Morgan fingerprint density at radius 1 is 1.29 bits per heavy atom. The molecule has 0 saturated heterocycles. The van der Waals surface area contributed by atoms with Crippen LogP contribution in [-0.4, -0.2) is 12.9 Å². The third-order valence-electron chi connectivity index (χ3n) is 3.41. The highest BCUT2D eigenvalue weighted by Crippen LogP contribution is 2.31. The summed E-state index contributed by atoms with van der Waals surface area (Å²) in [6, 6.07) is 5.58. The van der Waals surface area contributed by atoms with Crippen LogP contribution in [-0.2, 0) is 0 Å². The quantitative estimate of drug-likeness (QED) is 0.781. The average molecular weight is 297 g/mol. The number of Topliss-reactive ketones (excluding diaryl/α,β-unsaturated/α-hetero) is 1. The van der Waals surface area contributed by atoms with E-state index in [1.54, 1.807) is 7.11 Å². The molecule has 17 heavy (non-hydrogen) atoms. The molecule has 0 atom stereocenters. The first-order valence-electron chi connectivity index (χ1n) is 6.10. The Balaban J connectivity index is 2.22. The van der Waals surface area contributed by atoms with Crippen molar-refractivity contribution in [2.45, 2.75) is 32.1 Å². The van der Waals surface area contributed by atoms with Crippen LogP contribution >= 0.6 is 15.9 Å². The molecule has 0 unspecified atom stereocenters. The lowest BCUT2D eigenvalue weighted by Gasteiger charge is -2.21. The minimum absolute atomic E-state index is 0.201. The van der Waals surface area contributed by atoms with Crippen molar-refractivity contribution in [2.24, 2.45) is 5.92 Å². The molecule has 0 aromatic heterocycles. The first-order chi connectivity index (χ1) is 8.22. The lowest BCUT2D eigenvalue weighted by Crippen LogP contribution is -2.18. The van der Waals surface area contributed by atoms with Crippen molar-refractivity contribution in [2.75, 3.05) is 7.11 Å². The first kappa shape index (κ1) is 12.6. The Labute approximate surface area is 110 Å². The number of hydrogen-bond donors (Lipinski definition) is 0. The van der Waals surface area contributed by atoms with Crippen molar-refractivity contribution in [3.8, 4) is 5.75 Å². The Kier molecular flexibility index (Phi) is 4.21. The van der Waals surface area contributed by atoms with E-state index in [0.717, 1.165) is 28.6 Å². The molecule has 0 heterocycles. The molecule has 3 heteroatoms. The zero-order chi connectivity index (χ0) is 12.3. The Bertz CT molecular complexity index is 409. The highest BCUT2D eigenvalue weighted by molar-refractivity contribution is 9.10. The molecule has 0 N–H and O–H groups in total. The van der Waals surface area contributed by atoms with E-state index < -0.39 is 0 Å². The van der Waals surface area contributed by atoms with Crippen molar-refractivity contribution in [3.63, 3.8) is 0 Å². The summed E-state index contributed by atoms with van der Waals surface area (Å²) < 4.78 is 6.04. The topological polar surface area (TPSA) is 26.3 Å². The first-order valence-corrected chi connectivity index (χ1v) is 6.89. The predicted octanol–water partition coefficient (Wildman–Crippen LogP) is 4.22. The fourth-order valence-electron chi connectivity index (χ4n) is 2.40. The molecule has 0 spiro atoms. The summed E-state index contributed by atoms with van der Waals surface area (Å²) in [5.41, 5.74) is 0.760. The maximum absolute atomic E-state index is 12.4. The maximum atomic E-state index is 12.4. The van der Waals surface area contributed by atoms with E-state index in [1.807, 2.05) is 18.2 Å². The van der Waals surface area contributed by atoms with Crippen LogP contribution in [0.5, 0.6) is 5.75 Å². The second-order valence-electron chi connectivity index (χ2n) is 4.54. The van der Waals surface area contributed by atoms with Gasteiger partial charge in [-0.05, 0) is 31.0 Å². The van der Waals surface area contributed by atoms with Crippen molar-refractivity contribution in [1.29, 1.82) is 0 Å². The second kappa shape index (κ2) is 5.67. The smallest absolute Gasteiger partial charge is 0.167 e. The summed E-state index contributed by atoms with van der Waals surface area (Å²) in [5, 5.41) is 0. The van der Waals surface area contributed by atoms with Crippen LogP contribution in [0.3, 0.4) is 0 Å². The van der Waals surface area contributed by atoms with E-state index >= 15 is 0 Å². The van der Waals surface area contributed by atoms with Crippen molar-refractivity contribution in [3.05, 3.63) is 28.2 Å². The Morgan fingerprint density at radius 2 is 2.00 bits per heavy atom. The number of carbonyl (C=O) groups is 1. The molecule has 1 aromatic carbocycles. The standard InChI is InChI=1S/C14H17BrO2/c1-17-11-7-8-13(15)12(9-11)14(16)10-5-3-2-4-6-10/h7-10H,2-6H2,1H3. The third-order valence-corrected chi connectivity index (χ3v) is 4.11. The van der Waals surface area contributed by atoms with E-state index in [-0.39, 0.29) is 11.7 Å². The van der Waals surface area contributed by atoms with Gasteiger partial charge in [-0.25, -0.2) is 0 Å². The second-order valence-corrected chi connectivity index (χ2v) is 5.40. The van der Waals surface area contributed by atoms with Gasteiger partial charge in [-0.3, -0.25) is 4.79 Å². The lowest BCUT2D eigenvalue weighted by atomic mass is 9.84. The van der Waals surface area contributed by atoms with Gasteiger partial charge in [0.1, 0.15) is 5.75 Å². The van der Waals surface area contributed by atoms with E-state index in [1.165, 1.54) is 19.3 Å². The molecule has 1 aromatic rings. The van der Waals surface area contributed by atoms with Crippen LogP contribution in [0, 0.1) is 5.92 Å². The van der Waals surface area contributed by atoms with Gasteiger partial charge in [0.15, 0.2) is 5.78 Å².